The van der Waals surface area contributed by atoms with Crippen molar-refractivity contribution in [2.75, 3.05) is 17.3 Å². The van der Waals surface area contributed by atoms with Gasteiger partial charge in [0, 0.05) is 28.8 Å². The Morgan fingerprint density at radius 2 is 1.96 bits per heavy atom. The molecule has 0 saturated heterocycles. The summed E-state index contributed by atoms with van der Waals surface area (Å²) in [6.07, 6.45) is 2.42. The topological polar surface area (TPSA) is 90.6 Å². The van der Waals surface area contributed by atoms with E-state index in [1.54, 1.807) is 30.0 Å². The number of nitrogens with one attached hydrogen (secondary N) is 3. The molecule has 0 atom stereocenters. The van der Waals surface area contributed by atoms with E-state index in [1.807, 2.05) is 37.4 Å². The quantitative estimate of drug-likeness (QED) is 0.477. The highest BCUT2D eigenvalue weighted by Crippen LogP contribution is 2.27. The number of amides is 1. The monoisotopic (exact) mass is 392 g/mol. The Labute approximate surface area is 165 Å². The number of nitrogens with zero attached hydrogens (tertiary/aromatic N) is 1. The van der Waals surface area contributed by atoms with Gasteiger partial charge < -0.3 is 15.3 Å². The molecule has 6 nitrogen and oxygen atoms in total. The molecule has 0 radical (unpaired) electrons. The van der Waals surface area contributed by atoms with E-state index in [4.69, 9.17) is 0 Å². The number of aryl methyl sites for hydroxylation is 1. The van der Waals surface area contributed by atoms with E-state index in [0.29, 0.717) is 28.8 Å². The Bertz CT molecular complexity index is 1240. The molecule has 1 amide bonds. The van der Waals surface area contributed by atoms with Gasteiger partial charge in [-0.2, -0.15) is 11.8 Å². The summed E-state index contributed by atoms with van der Waals surface area (Å²) in [6.45, 7) is 1.98. The van der Waals surface area contributed by atoms with Gasteiger partial charge >= 0.3 is 0 Å². The Morgan fingerprint density at radius 3 is 2.75 bits per heavy atom. The summed E-state index contributed by atoms with van der Waals surface area (Å²) in [5.74, 6) is 0.722. The molecule has 4 aromatic rings. The molecular weight excluding hydrogens is 372 g/mol. The number of benzene rings is 2. The minimum atomic E-state index is -0.270. The van der Waals surface area contributed by atoms with Crippen LogP contribution in [0.15, 0.2) is 47.3 Å². The zero-order valence-electron chi connectivity index (χ0n) is 15.6. The van der Waals surface area contributed by atoms with Crippen LogP contribution in [0.1, 0.15) is 12.0 Å². The molecule has 0 spiro atoms. The molecular formula is C21H20N4O2S. The van der Waals surface area contributed by atoms with Gasteiger partial charge in [-0.05, 0) is 43.0 Å². The highest BCUT2D eigenvalue weighted by Gasteiger charge is 2.15. The molecule has 2 aromatic carbocycles. The lowest BCUT2D eigenvalue weighted by atomic mass is 10.1. The number of anilines is 1. The van der Waals surface area contributed by atoms with Crippen LogP contribution in [-0.4, -0.2) is 32.9 Å². The summed E-state index contributed by atoms with van der Waals surface area (Å²) in [5.41, 5.74) is 4.67. The third-order valence-corrected chi connectivity index (χ3v) is 5.32. The summed E-state index contributed by atoms with van der Waals surface area (Å²) in [6, 6.07) is 13.3. The third kappa shape index (κ3) is 3.41. The number of hydrogen-bond donors (Lipinski definition) is 3. The Balaban J connectivity index is 1.72. The van der Waals surface area contributed by atoms with Crippen molar-refractivity contribution in [1.29, 1.82) is 0 Å². The highest BCUT2D eigenvalue weighted by molar-refractivity contribution is 7.98. The van der Waals surface area contributed by atoms with E-state index < -0.39 is 0 Å². The van der Waals surface area contributed by atoms with Crippen LogP contribution in [0.4, 0.5) is 5.69 Å². The molecule has 0 bridgehead atoms. The molecule has 0 aliphatic rings. The van der Waals surface area contributed by atoms with E-state index in [9.17, 15) is 9.59 Å². The van der Waals surface area contributed by atoms with Crippen LogP contribution in [-0.2, 0) is 4.79 Å². The summed E-state index contributed by atoms with van der Waals surface area (Å²) in [7, 11) is 0. The second-order valence-corrected chi connectivity index (χ2v) is 7.59. The third-order valence-electron chi connectivity index (χ3n) is 4.71. The molecule has 7 heteroatoms. The van der Waals surface area contributed by atoms with E-state index in [2.05, 4.69) is 20.3 Å². The number of fused-ring (bicyclic) bond motifs is 2. The van der Waals surface area contributed by atoms with Gasteiger partial charge in [-0.3, -0.25) is 9.59 Å². The van der Waals surface area contributed by atoms with Crippen LogP contribution < -0.4 is 10.9 Å². The van der Waals surface area contributed by atoms with Crippen molar-refractivity contribution in [2.45, 2.75) is 13.3 Å². The van der Waals surface area contributed by atoms with Crippen molar-refractivity contribution in [2.24, 2.45) is 0 Å². The molecule has 3 N–H and O–H groups in total. The van der Waals surface area contributed by atoms with Gasteiger partial charge in [0.25, 0.3) is 5.56 Å². The molecule has 4 rings (SSSR count). The van der Waals surface area contributed by atoms with Crippen molar-refractivity contribution in [3.63, 3.8) is 0 Å². The molecule has 0 saturated carbocycles. The smallest absolute Gasteiger partial charge is 0.276 e. The van der Waals surface area contributed by atoms with Crippen LogP contribution in [0.3, 0.4) is 0 Å². The first kappa shape index (κ1) is 18.3. The maximum atomic E-state index is 12.7. The number of hydrogen-bond acceptors (Lipinski definition) is 4. The average Bonchev–Trinajstić information content (AvgIpc) is 3.02. The van der Waals surface area contributed by atoms with Gasteiger partial charge in [0.15, 0.2) is 5.69 Å². The minimum absolute atomic E-state index is 0.0469. The second-order valence-electron chi connectivity index (χ2n) is 6.61. The first-order valence-electron chi connectivity index (χ1n) is 8.97. The average molecular weight is 392 g/mol. The summed E-state index contributed by atoms with van der Waals surface area (Å²) in [4.78, 5) is 35.4. The number of H-pyrrole nitrogens is 2. The molecule has 0 aliphatic heterocycles. The Hall–Kier alpha value is -3.06. The fourth-order valence-electron chi connectivity index (χ4n) is 3.27. The first-order chi connectivity index (χ1) is 13.6. The lowest BCUT2D eigenvalue weighted by Gasteiger charge is -2.07. The predicted octanol–water partition coefficient (Wildman–Crippen LogP) is 4.07. The van der Waals surface area contributed by atoms with Crippen LogP contribution in [0, 0.1) is 6.92 Å². The van der Waals surface area contributed by atoms with Gasteiger partial charge in [-0.15, -0.1) is 0 Å². The SMILES string of the molecule is CSCCC(=O)Nc1ccc2nc(-c3[nH]c4ccccc4c3C)c(=O)[nH]c2c1. The Morgan fingerprint density at radius 1 is 1.14 bits per heavy atom. The van der Waals surface area contributed by atoms with Crippen molar-refractivity contribution >= 4 is 45.3 Å². The largest absolute Gasteiger partial charge is 0.353 e. The van der Waals surface area contributed by atoms with Gasteiger partial charge in [0.05, 0.1) is 16.7 Å². The zero-order valence-corrected chi connectivity index (χ0v) is 16.4. The van der Waals surface area contributed by atoms with Crippen LogP contribution >= 0.6 is 11.8 Å². The highest BCUT2D eigenvalue weighted by atomic mass is 32.2. The molecule has 0 aliphatic carbocycles. The Kier molecular flexibility index (Phi) is 4.92. The molecule has 2 aromatic heterocycles. The van der Waals surface area contributed by atoms with E-state index in [1.165, 1.54) is 0 Å². The molecule has 2 heterocycles. The summed E-state index contributed by atoms with van der Waals surface area (Å²) >= 11 is 1.63. The summed E-state index contributed by atoms with van der Waals surface area (Å²) in [5, 5.41) is 3.92. The maximum Gasteiger partial charge on any atom is 0.276 e. The predicted molar refractivity (Wildman–Crippen MR) is 116 cm³/mol. The number of carbonyl (C=O) groups excluding carboxylic acids is 1. The normalized spacial score (nSPS) is 11.2. The maximum absolute atomic E-state index is 12.7. The molecule has 0 fully saturated rings. The van der Waals surface area contributed by atoms with E-state index in [0.717, 1.165) is 27.9 Å². The van der Waals surface area contributed by atoms with Gasteiger partial charge in [0.1, 0.15) is 0 Å². The van der Waals surface area contributed by atoms with Crippen LogP contribution in [0.25, 0.3) is 33.3 Å². The number of rotatable bonds is 5. The van der Waals surface area contributed by atoms with Crippen LogP contribution in [0.2, 0.25) is 0 Å². The fourth-order valence-corrected chi connectivity index (χ4v) is 3.66. The van der Waals surface area contributed by atoms with Gasteiger partial charge in [-0.1, -0.05) is 18.2 Å². The standard InChI is InChI=1S/C21H20N4O2S/c1-12-14-5-3-4-6-15(14)23-19(12)20-21(27)25-17-11-13(7-8-16(17)24-20)22-18(26)9-10-28-2/h3-8,11,23H,9-10H2,1-2H3,(H,22,26)(H,25,27). The molecule has 0 unspecified atom stereocenters. The van der Waals surface area contributed by atoms with Crippen molar-refractivity contribution in [3.8, 4) is 11.4 Å². The lowest BCUT2D eigenvalue weighted by Crippen LogP contribution is -2.14. The first-order valence-corrected chi connectivity index (χ1v) is 10.4. The van der Waals surface area contributed by atoms with Crippen LogP contribution in [0.5, 0.6) is 0 Å². The number of para-hydroxylation sites is 1. The summed E-state index contributed by atoms with van der Waals surface area (Å²) < 4.78 is 0. The van der Waals surface area contributed by atoms with Crippen molar-refractivity contribution < 1.29 is 4.79 Å². The molecule has 28 heavy (non-hydrogen) atoms. The fraction of sp³-hybridized carbons (Fsp3) is 0.190. The number of thioether (sulfide) groups is 1. The number of aromatic nitrogens is 3. The van der Waals surface area contributed by atoms with Crippen molar-refractivity contribution in [3.05, 3.63) is 58.4 Å². The van der Waals surface area contributed by atoms with E-state index >= 15 is 0 Å². The van der Waals surface area contributed by atoms with E-state index in [-0.39, 0.29) is 11.5 Å². The van der Waals surface area contributed by atoms with Gasteiger partial charge in [-0.25, -0.2) is 4.98 Å². The van der Waals surface area contributed by atoms with Gasteiger partial charge in [0.2, 0.25) is 5.91 Å². The molecule has 142 valence electrons. The number of carbonyl (C=O) groups is 1. The van der Waals surface area contributed by atoms with Crippen molar-refractivity contribution in [1.82, 2.24) is 15.0 Å². The lowest BCUT2D eigenvalue weighted by molar-refractivity contribution is -0.115. The zero-order chi connectivity index (χ0) is 19.7. The second kappa shape index (κ2) is 7.52. The minimum Gasteiger partial charge on any atom is -0.353 e. The number of aromatic amines is 2.